The van der Waals surface area contributed by atoms with Crippen molar-refractivity contribution in [3.63, 3.8) is 0 Å². The number of nitrogens with zero attached hydrogens (tertiary/aromatic N) is 1. The average molecular weight is 193 g/mol. The van der Waals surface area contributed by atoms with Crippen molar-refractivity contribution >= 4 is 0 Å². The molecule has 0 aliphatic heterocycles. The molecule has 1 aromatic rings. The Morgan fingerprint density at radius 3 is 2.50 bits per heavy atom. The van der Waals surface area contributed by atoms with Gasteiger partial charge in [0.1, 0.15) is 5.75 Å². The van der Waals surface area contributed by atoms with Gasteiger partial charge in [0.05, 0.1) is 6.10 Å². The molecule has 0 N–H and O–H groups in total. The normalized spacial score (nSPS) is 10.6. The summed E-state index contributed by atoms with van der Waals surface area (Å²) in [7, 11) is 0. The molecule has 1 aromatic heterocycles. The van der Waals surface area contributed by atoms with E-state index in [1.807, 2.05) is 26.1 Å². The van der Waals surface area contributed by atoms with Gasteiger partial charge in [-0.25, -0.2) is 0 Å². The predicted molar refractivity (Wildman–Crippen MR) is 58.7 cm³/mol. The highest BCUT2D eigenvalue weighted by Gasteiger charge is 2.07. The second kappa shape index (κ2) is 4.99. The van der Waals surface area contributed by atoms with Crippen LogP contribution in [0.5, 0.6) is 5.75 Å². The average Bonchev–Trinajstić information content (AvgIpc) is 2.19. The molecular formula is C12H19NO. The lowest BCUT2D eigenvalue weighted by Crippen LogP contribution is -2.14. The van der Waals surface area contributed by atoms with E-state index in [-0.39, 0.29) is 0 Å². The molecule has 0 aromatic carbocycles. The molecule has 0 atom stereocenters. The number of rotatable bonds is 4. The van der Waals surface area contributed by atoms with Crippen LogP contribution in [0.1, 0.15) is 37.9 Å². The molecule has 0 unspecified atom stereocenters. The van der Waals surface area contributed by atoms with Gasteiger partial charge in [-0.1, -0.05) is 13.8 Å². The summed E-state index contributed by atoms with van der Waals surface area (Å²) in [6, 6.07) is 2.01. The molecule has 0 radical (unpaired) electrons. The molecule has 78 valence electrons. The Morgan fingerprint density at radius 2 is 1.93 bits per heavy atom. The molecule has 0 saturated heterocycles. The van der Waals surface area contributed by atoms with E-state index in [4.69, 9.17) is 4.74 Å². The summed E-state index contributed by atoms with van der Waals surface area (Å²) in [5, 5.41) is 0. The van der Waals surface area contributed by atoms with Gasteiger partial charge in [-0.15, -0.1) is 0 Å². The van der Waals surface area contributed by atoms with Crippen LogP contribution in [-0.2, 0) is 0 Å². The SMILES string of the molecule is CCC(CC)Oc1cc(C)ncc1C. The Bertz CT molecular complexity index is 292. The minimum absolute atomic E-state index is 0.329. The standard InChI is InChI=1S/C12H19NO/c1-5-11(6-2)14-12-7-10(4)13-8-9(12)3/h7-8,11H,5-6H2,1-4H3. The third-order valence-corrected chi connectivity index (χ3v) is 2.39. The topological polar surface area (TPSA) is 22.1 Å². The quantitative estimate of drug-likeness (QED) is 0.732. The Balaban J connectivity index is 2.79. The molecule has 0 aliphatic carbocycles. The van der Waals surface area contributed by atoms with E-state index >= 15 is 0 Å². The molecule has 0 amide bonds. The number of ether oxygens (including phenoxy) is 1. The summed E-state index contributed by atoms with van der Waals surface area (Å²) >= 11 is 0. The zero-order valence-corrected chi connectivity index (χ0v) is 9.50. The fourth-order valence-corrected chi connectivity index (χ4v) is 1.36. The summed E-state index contributed by atoms with van der Waals surface area (Å²) in [5.41, 5.74) is 2.12. The van der Waals surface area contributed by atoms with Crippen molar-refractivity contribution < 1.29 is 4.74 Å². The molecule has 1 heterocycles. The van der Waals surface area contributed by atoms with E-state index in [0.29, 0.717) is 6.10 Å². The first-order chi connectivity index (χ1) is 6.67. The van der Waals surface area contributed by atoms with Crippen molar-refractivity contribution in [3.05, 3.63) is 23.5 Å². The minimum atomic E-state index is 0.329. The van der Waals surface area contributed by atoms with Crippen molar-refractivity contribution in [1.29, 1.82) is 0 Å². The maximum absolute atomic E-state index is 5.88. The van der Waals surface area contributed by atoms with Gasteiger partial charge in [0, 0.05) is 23.5 Å². The van der Waals surface area contributed by atoms with E-state index in [1.165, 1.54) is 0 Å². The van der Waals surface area contributed by atoms with Crippen LogP contribution in [0.2, 0.25) is 0 Å². The van der Waals surface area contributed by atoms with E-state index in [9.17, 15) is 0 Å². The van der Waals surface area contributed by atoms with E-state index in [1.54, 1.807) is 0 Å². The number of aromatic nitrogens is 1. The maximum Gasteiger partial charge on any atom is 0.125 e. The van der Waals surface area contributed by atoms with Crippen LogP contribution in [-0.4, -0.2) is 11.1 Å². The van der Waals surface area contributed by atoms with Gasteiger partial charge in [-0.3, -0.25) is 4.98 Å². The first kappa shape index (κ1) is 11.0. The van der Waals surface area contributed by atoms with Crippen LogP contribution in [0.3, 0.4) is 0 Å². The van der Waals surface area contributed by atoms with E-state index in [2.05, 4.69) is 18.8 Å². The maximum atomic E-state index is 5.88. The highest BCUT2D eigenvalue weighted by Crippen LogP contribution is 2.20. The van der Waals surface area contributed by atoms with Crippen molar-refractivity contribution in [2.24, 2.45) is 0 Å². The molecular weight excluding hydrogens is 174 g/mol. The summed E-state index contributed by atoms with van der Waals surface area (Å²) < 4.78 is 5.88. The van der Waals surface area contributed by atoms with Gasteiger partial charge in [-0.05, 0) is 26.7 Å². The first-order valence-corrected chi connectivity index (χ1v) is 5.27. The van der Waals surface area contributed by atoms with Crippen LogP contribution in [0.4, 0.5) is 0 Å². The molecule has 1 rings (SSSR count). The Morgan fingerprint density at radius 1 is 1.29 bits per heavy atom. The third-order valence-electron chi connectivity index (χ3n) is 2.39. The molecule has 14 heavy (non-hydrogen) atoms. The Labute approximate surface area is 86.3 Å². The Hall–Kier alpha value is -1.05. The van der Waals surface area contributed by atoms with Crippen molar-refractivity contribution in [3.8, 4) is 5.75 Å². The molecule has 0 aliphatic rings. The van der Waals surface area contributed by atoms with Crippen molar-refractivity contribution in [1.82, 2.24) is 4.98 Å². The van der Waals surface area contributed by atoms with E-state index in [0.717, 1.165) is 29.8 Å². The summed E-state index contributed by atoms with van der Waals surface area (Å²) in [6.07, 6.45) is 4.30. The number of aryl methyl sites for hydroxylation is 2. The first-order valence-electron chi connectivity index (χ1n) is 5.27. The molecule has 0 bridgehead atoms. The minimum Gasteiger partial charge on any atom is -0.490 e. The van der Waals surface area contributed by atoms with Gasteiger partial charge in [0.25, 0.3) is 0 Å². The highest BCUT2D eigenvalue weighted by atomic mass is 16.5. The van der Waals surface area contributed by atoms with Gasteiger partial charge in [-0.2, -0.15) is 0 Å². The van der Waals surface area contributed by atoms with Gasteiger partial charge >= 0.3 is 0 Å². The molecule has 0 saturated carbocycles. The fraction of sp³-hybridized carbons (Fsp3) is 0.583. The highest BCUT2D eigenvalue weighted by molar-refractivity contribution is 5.31. The lowest BCUT2D eigenvalue weighted by atomic mass is 10.2. The number of hydrogen-bond donors (Lipinski definition) is 0. The summed E-state index contributed by atoms with van der Waals surface area (Å²) in [5.74, 6) is 0.978. The van der Waals surface area contributed by atoms with Crippen LogP contribution >= 0.6 is 0 Å². The zero-order chi connectivity index (χ0) is 10.6. The van der Waals surface area contributed by atoms with Crippen LogP contribution in [0.15, 0.2) is 12.3 Å². The molecule has 2 heteroatoms. The lowest BCUT2D eigenvalue weighted by Gasteiger charge is -2.17. The van der Waals surface area contributed by atoms with Crippen LogP contribution in [0, 0.1) is 13.8 Å². The van der Waals surface area contributed by atoms with E-state index < -0.39 is 0 Å². The molecule has 0 fully saturated rings. The van der Waals surface area contributed by atoms with Gasteiger partial charge in [0.2, 0.25) is 0 Å². The number of pyridine rings is 1. The zero-order valence-electron chi connectivity index (χ0n) is 9.50. The lowest BCUT2D eigenvalue weighted by molar-refractivity contribution is 0.191. The monoisotopic (exact) mass is 193 g/mol. The van der Waals surface area contributed by atoms with Gasteiger partial charge in [0.15, 0.2) is 0 Å². The third kappa shape index (κ3) is 2.72. The molecule has 2 nitrogen and oxygen atoms in total. The van der Waals surface area contributed by atoms with Crippen molar-refractivity contribution in [2.75, 3.05) is 0 Å². The largest absolute Gasteiger partial charge is 0.490 e. The predicted octanol–water partition coefficient (Wildman–Crippen LogP) is 3.27. The fourth-order valence-electron chi connectivity index (χ4n) is 1.36. The smallest absolute Gasteiger partial charge is 0.125 e. The summed E-state index contributed by atoms with van der Waals surface area (Å²) in [4.78, 5) is 4.22. The van der Waals surface area contributed by atoms with Gasteiger partial charge < -0.3 is 4.74 Å². The summed E-state index contributed by atoms with van der Waals surface area (Å²) in [6.45, 7) is 8.32. The molecule has 0 spiro atoms. The van der Waals surface area contributed by atoms with Crippen LogP contribution in [0.25, 0.3) is 0 Å². The Kier molecular flexibility index (Phi) is 3.93. The van der Waals surface area contributed by atoms with Crippen molar-refractivity contribution in [2.45, 2.75) is 46.6 Å². The number of hydrogen-bond acceptors (Lipinski definition) is 2. The second-order valence-electron chi connectivity index (χ2n) is 3.65. The van der Waals surface area contributed by atoms with Crippen LogP contribution < -0.4 is 4.74 Å². The second-order valence-corrected chi connectivity index (χ2v) is 3.65.